The van der Waals surface area contributed by atoms with Crippen molar-refractivity contribution in [2.45, 2.75) is 0 Å². The van der Waals surface area contributed by atoms with Crippen molar-refractivity contribution < 1.29 is 32.7 Å². The van der Waals surface area contributed by atoms with Crippen molar-refractivity contribution in [1.82, 2.24) is 4.57 Å². The van der Waals surface area contributed by atoms with Crippen molar-refractivity contribution in [3.05, 3.63) is 54.1 Å². The Morgan fingerprint density at radius 2 is 1.83 bits per heavy atom. The van der Waals surface area contributed by atoms with Gasteiger partial charge < -0.3 is 4.57 Å². The van der Waals surface area contributed by atoms with Crippen molar-refractivity contribution in [3.8, 4) is 11.3 Å². The van der Waals surface area contributed by atoms with Crippen LogP contribution in [0.5, 0.6) is 0 Å². The number of halogens is 3. The van der Waals surface area contributed by atoms with E-state index in [1.54, 1.807) is 17.7 Å². The molecule has 2 aromatic rings. The zero-order valence-corrected chi connectivity index (χ0v) is 17.0. The van der Waals surface area contributed by atoms with Crippen molar-refractivity contribution in [3.63, 3.8) is 0 Å². The normalized spacial score (nSPS) is 10.0. The van der Waals surface area contributed by atoms with E-state index in [9.17, 15) is 4.79 Å². The van der Waals surface area contributed by atoms with E-state index in [-0.39, 0.29) is 38.3 Å². The minimum Gasteiger partial charge on any atom is -0.344 e. The molecule has 0 bridgehead atoms. The van der Waals surface area contributed by atoms with Gasteiger partial charge in [-0.2, -0.15) is 12.1 Å². The molecule has 1 radical (unpaired) electrons. The molecule has 0 unspecified atom stereocenters. The van der Waals surface area contributed by atoms with Gasteiger partial charge in [-0.3, -0.25) is 4.79 Å². The minimum absolute atomic E-state index is 0. The van der Waals surface area contributed by atoms with E-state index in [1.807, 2.05) is 18.2 Å². The Hall–Kier alpha value is 0.714. The maximum absolute atomic E-state index is 11.8. The molecule has 0 aliphatic carbocycles. The molecule has 2 rings (SSSR count). The summed E-state index contributed by atoms with van der Waals surface area (Å²) in [6, 6.07) is 10.5. The molecule has 1 aromatic carbocycles. The van der Waals surface area contributed by atoms with E-state index in [0.29, 0.717) is 4.47 Å². The van der Waals surface area contributed by atoms with Crippen molar-refractivity contribution in [2.75, 3.05) is 0 Å². The third kappa shape index (κ3) is 3.42. The molecule has 0 saturated heterocycles. The molecule has 0 N–H and O–H groups in total. The molecular weight excluding hydrogens is 503 g/mol. The van der Waals surface area contributed by atoms with Crippen LogP contribution in [0.15, 0.2) is 42.5 Å². The molecule has 6 heteroatoms. The first-order chi connectivity index (χ1) is 8.00. The van der Waals surface area contributed by atoms with Gasteiger partial charge in [0, 0.05) is 44.2 Å². The Kier molecular flexibility index (Phi) is 6.46. The van der Waals surface area contributed by atoms with Gasteiger partial charge in [-0.25, -0.2) is 0 Å². The summed E-state index contributed by atoms with van der Waals surface area (Å²) in [4.78, 5) is 11.8. The zero-order valence-electron chi connectivity index (χ0n) is 9.38. The zero-order chi connectivity index (χ0) is 12.6. The van der Waals surface area contributed by atoms with Gasteiger partial charge in [0.25, 0.3) is 0 Å². The summed E-state index contributed by atoms with van der Waals surface area (Å²) < 4.78 is 3.98. The number of hydrogen-bond acceptors (Lipinski definition) is 1. The summed E-state index contributed by atoms with van der Waals surface area (Å²) in [6.45, 7) is 0. The van der Waals surface area contributed by atoms with Crippen LogP contribution in [0.25, 0.3) is 11.3 Å². The van der Waals surface area contributed by atoms with Crippen LogP contribution in [0.4, 0.5) is 0 Å². The molecule has 1 aromatic heterocycles. The van der Waals surface area contributed by atoms with E-state index in [0.717, 1.165) is 20.2 Å². The molecule has 2 nitrogen and oxygen atoms in total. The molecule has 0 aliphatic heterocycles. The van der Waals surface area contributed by atoms with Gasteiger partial charge in [0.1, 0.15) is 0 Å². The van der Waals surface area contributed by atoms with Gasteiger partial charge in [0.2, 0.25) is 5.56 Å². The molecule has 91 valence electrons. The SMILES string of the molecule is Cn1c(-c2ccc(Br)cc2Br)[c-]cc(Br)c1=O.[Y]. The van der Waals surface area contributed by atoms with E-state index in [4.69, 9.17) is 0 Å². The van der Waals surface area contributed by atoms with Crippen LogP contribution in [-0.2, 0) is 39.8 Å². The summed E-state index contributed by atoms with van der Waals surface area (Å²) in [5.41, 5.74) is 1.60. The second-order valence-corrected chi connectivity index (χ2v) is 6.10. The smallest absolute Gasteiger partial charge is 0.208 e. The predicted octanol–water partition coefficient (Wildman–Crippen LogP) is 4.14. The van der Waals surface area contributed by atoms with Crippen LogP contribution in [0.3, 0.4) is 0 Å². The van der Waals surface area contributed by atoms with Gasteiger partial charge in [-0.05, 0) is 15.0 Å². The fourth-order valence-corrected chi connectivity index (χ4v) is 3.11. The number of benzene rings is 1. The minimum atomic E-state index is -0.0754. The fourth-order valence-electron chi connectivity index (χ4n) is 1.49. The number of rotatable bonds is 1. The van der Waals surface area contributed by atoms with Crippen LogP contribution >= 0.6 is 47.8 Å². The van der Waals surface area contributed by atoms with E-state index < -0.39 is 0 Å². The third-order valence-electron chi connectivity index (χ3n) is 2.37. The molecular formula is C12H7Br3NOY-. The first-order valence-corrected chi connectivity index (χ1v) is 7.11. The molecule has 0 saturated carbocycles. The molecule has 0 amide bonds. The third-order valence-corrected chi connectivity index (χ3v) is 4.08. The second kappa shape index (κ2) is 6.93. The standard InChI is InChI=1S/C12H7Br3NO.Y/c1-16-11(5-4-9(14)12(16)17)8-3-2-7(13)6-10(8)15;/h2-4,6H,1H3;/q-1;. The van der Waals surface area contributed by atoms with Crippen LogP contribution in [0.2, 0.25) is 0 Å². The van der Waals surface area contributed by atoms with E-state index in [2.05, 4.69) is 53.9 Å². The number of aromatic nitrogens is 1. The molecule has 0 fully saturated rings. The maximum atomic E-state index is 11.8. The Morgan fingerprint density at radius 1 is 1.17 bits per heavy atom. The average molecular weight is 510 g/mol. The summed E-state index contributed by atoms with van der Waals surface area (Å²) >= 11 is 10.1. The molecule has 18 heavy (non-hydrogen) atoms. The van der Waals surface area contributed by atoms with Crippen LogP contribution in [0, 0.1) is 6.07 Å². The van der Waals surface area contributed by atoms with Crippen LogP contribution < -0.4 is 5.56 Å². The van der Waals surface area contributed by atoms with Gasteiger partial charge in [0.15, 0.2) is 0 Å². The molecule has 0 aliphatic rings. The summed E-state index contributed by atoms with van der Waals surface area (Å²) in [6.07, 6.45) is 0. The van der Waals surface area contributed by atoms with Gasteiger partial charge in [-0.1, -0.05) is 49.2 Å². The van der Waals surface area contributed by atoms with E-state index in [1.165, 1.54) is 0 Å². The largest absolute Gasteiger partial charge is 0.344 e. The predicted molar refractivity (Wildman–Crippen MR) is 79.1 cm³/mol. The number of pyridine rings is 1. The first-order valence-electron chi connectivity index (χ1n) is 4.73. The fraction of sp³-hybridized carbons (Fsp3) is 0.0833. The van der Waals surface area contributed by atoms with Gasteiger partial charge >= 0.3 is 0 Å². The van der Waals surface area contributed by atoms with Crippen LogP contribution in [0.1, 0.15) is 0 Å². The Morgan fingerprint density at radius 3 is 2.44 bits per heavy atom. The molecule has 1 heterocycles. The Bertz CT molecular complexity index is 640. The summed E-state index contributed by atoms with van der Waals surface area (Å²) in [5, 5.41) is 0. The van der Waals surface area contributed by atoms with Gasteiger partial charge in [0.05, 0.1) is 0 Å². The maximum Gasteiger partial charge on any atom is 0.208 e. The molecule has 0 spiro atoms. The second-order valence-electron chi connectivity index (χ2n) is 3.47. The molecule has 0 atom stereocenters. The van der Waals surface area contributed by atoms with Crippen LogP contribution in [-0.4, -0.2) is 4.57 Å². The monoisotopic (exact) mass is 507 g/mol. The topological polar surface area (TPSA) is 22.0 Å². The Balaban J connectivity index is 0.00000162. The summed E-state index contributed by atoms with van der Waals surface area (Å²) in [5.74, 6) is 0. The number of nitrogens with zero attached hydrogens (tertiary/aromatic N) is 1. The van der Waals surface area contributed by atoms with Crippen molar-refractivity contribution in [1.29, 1.82) is 0 Å². The number of hydrogen-bond donors (Lipinski definition) is 0. The van der Waals surface area contributed by atoms with E-state index >= 15 is 0 Å². The van der Waals surface area contributed by atoms with Crippen molar-refractivity contribution >= 4 is 47.8 Å². The summed E-state index contributed by atoms with van der Waals surface area (Å²) in [7, 11) is 1.73. The quantitative estimate of drug-likeness (QED) is 0.530. The van der Waals surface area contributed by atoms with Crippen molar-refractivity contribution in [2.24, 2.45) is 7.05 Å². The first kappa shape index (κ1) is 16.8. The van der Waals surface area contributed by atoms with Gasteiger partial charge in [-0.15, -0.1) is 22.0 Å². The Labute approximate surface area is 155 Å². The average Bonchev–Trinajstić information content (AvgIpc) is 2.28.